The number of piperazine rings is 1. The third kappa shape index (κ3) is 6.96. The van der Waals surface area contributed by atoms with Gasteiger partial charge in [-0.15, -0.1) is 0 Å². The van der Waals surface area contributed by atoms with E-state index in [0.29, 0.717) is 18.9 Å². The second kappa shape index (κ2) is 11.9. The van der Waals surface area contributed by atoms with Crippen molar-refractivity contribution in [3.63, 3.8) is 0 Å². The topological polar surface area (TPSA) is 61.8 Å². The van der Waals surface area contributed by atoms with Crippen LogP contribution in [-0.4, -0.2) is 83.5 Å². The fourth-order valence-corrected chi connectivity index (χ4v) is 5.31. The average molecular weight is 514 g/mol. The summed E-state index contributed by atoms with van der Waals surface area (Å²) in [7, 11) is 2.11. The van der Waals surface area contributed by atoms with Crippen LogP contribution in [0.25, 0.3) is 0 Å². The van der Waals surface area contributed by atoms with Gasteiger partial charge in [0.2, 0.25) is 5.91 Å². The SMILES string of the molecule is Cc1cc(OC[C@@]2(CC(=O)N3CCN(C)CC3)CCCN(Cc3cnc(C(C)C)nc3)C2)ccc1Cl. The first-order chi connectivity index (χ1) is 17.2. The van der Waals surface area contributed by atoms with Crippen molar-refractivity contribution in [3.05, 3.63) is 52.6 Å². The van der Waals surface area contributed by atoms with Crippen LogP contribution in [0.4, 0.5) is 0 Å². The van der Waals surface area contributed by atoms with Crippen LogP contribution < -0.4 is 4.74 Å². The van der Waals surface area contributed by atoms with E-state index in [1.807, 2.05) is 42.4 Å². The van der Waals surface area contributed by atoms with Gasteiger partial charge in [-0.1, -0.05) is 25.4 Å². The first-order valence-electron chi connectivity index (χ1n) is 13.1. The molecule has 4 rings (SSSR count). The standard InChI is InChI=1S/C28H40ClN5O2/c1-21(2)27-30-16-23(17-31-27)18-33-9-5-8-28(19-33,15-26(35)34-12-10-32(4)11-13-34)20-36-24-6-7-25(29)22(3)14-24/h6-7,14,16-17,21H,5,8-13,15,18-20H2,1-4H3/t28-/m1/s1. The van der Waals surface area contributed by atoms with Gasteiger partial charge in [0.15, 0.2) is 0 Å². The van der Waals surface area contributed by atoms with E-state index < -0.39 is 0 Å². The summed E-state index contributed by atoms with van der Waals surface area (Å²) in [6.45, 7) is 12.7. The van der Waals surface area contributed by atoms with Crippen LogP contribution in [0.5, 0.6) is 5.75 Å². The molecule has 1 atom stereocenters. The Morgan fingerprint density at radius 2 is 1.86 bits per heavy atom. The Labute approximate surface area is 220 Å². The molecular weight excluding hydrogens is 474 g/mol. The number of nitrogens with zero attached hydrogens (tertiary/aromatic N) is 5. The molecular formula is C28H40ClN5O2. The second-order valence-corrected chi connectivity index (χ2v) is 11.4. The molecule has 0 bridgehead atoms. The van der Waals surface area contributed by atoms with Crippen molar-refractivity contribution in [1.82, 2.24) is 24.7 Å². The van der Waals surface area contributed by atoms with Crippen molar-refractivity contribution in [2.24, 2.45) is 5.41 Å². The minimum atomic E-state index is -0.245. The van der Waals surface area contributed by atoms with Gasteiger partial charge in [0, 0.05) is 80.0 Å². The zero-order valence-electron chi connectivity index (χ0n) is 22.2. The van der Waals surface area contributed by atoms with Crippen molar-refractivity contribution in [3.8, 4) is 5.75 Å². The van der Waals surface area contributed by atoms with Crippen molar-refractivity contribution < 1.29 is 9.53 Å². The molecule has 2 aliphatic heterocycles. The number of rotatable bonds is 8. The Balaban J connectivity index is 1.48. The third-order valence-electron chi connectivity index (χ3n) is 7.44. The molecule has 0 spiro atoms. The number of ether oxygens (including phenoxy) is 1. The summed E-state index contributed by atoms with van der Waals surface area (Å²) in [6.07, 6.45) is 6.40. The maximum absolute atomic E-state index is 13.5. The Morgan fingerprint density at radius 1 is 1.14 bits per heavy atom. The highest BCUT2D eigenvalue weighted by Crippen LogP contribution is 2.36. The van der Waals surface area contributed by atoms with Gasteiger partial charge in [0.1, 0.15) is 11.6 Å². The number of benzene rings is 1. The van der Waals surface area contributed by atoms with E-state index >= 15 is 0 Å². The summed E-state index contributed by atoms with van der Waals surface area (Å²) in [5.41, 5.74) is 1.85. The van der Waals surface area contributed by atoms with E-state index in [0.717, 1.165) is 86.4 Å². The maximum atomic E-state index is 13.5. The van der Waals surface area contributed by atoms with Gasteiger partial charge >= 0.3 is 0 Å². The first kappa shape index (κ1) is 26.8. The number of piperidine rings is 1. The Hall–Kier alpha value is -2.22. The zero-order chi connectivity index (χ0) is 25.7. The molecule has 1 amide bonds. The summed E-state index contributed by atoms with van der Waals surface area (Å²) in [5, 5.41) is 0.733. The molecule has 1 aromatic heterocycles. The number of aromatic nitrogens is 2. The van der Waals surface area contributed by atoms with E-state index in [2.05, 4.69) is 40.7 Å². The van der Waals surface area contributed by atoms with E-state index in [1.54, 1.807) is 0 Å². The first-order valence-corrected chi connectivity index (χ1v) is 13.5. The van der Waals surface area contributed by atoms with Crippen LogP contribution in [0.3, 0.4) is 0 Å². The zero-order valence-corrected chi connectivity index (χ0v) is 22.9. The largest absolute Gasteiger partial charge is 0.493 e. The maximum Gasteiger partial charge on any atom is 0.223 e. The molecule has 0 saturated carbocycles. The molecule has 0 aliphatic carbocycles. The van der Waals surface area contributed by atoms with Crippen LogP contribution >= 0.6 is 11.6 Å². The fraction of sp³-hybridized carbons (Fsp3) is 0.607. The normalized spacial score (nSPS) is 21.7. The number of amides is 1. The number of carbonyl (C=O) groups excluding carboxylic acids is 1. The highest BCUT2D eigenvalue weighted by molar-refractivity contribution is 6.31. The van der Waals surface area contributed by atoms with E-state index in [9.17, 15) is 4.79 Å². The van der Waals surface area contributed by atoms with E-state index in [-0.39, 0.29) is 11.3 Å². The summed E-state index contributed by atoms with van der Waals surface area (Å²) >= 11 is 6.22. The minimum absolute atomic E-state index is 0.241. The predicted molar refractivity (Wildman–Crippen MR) is 143 cm³/mol. The number of hydrogen-bond donors (Lipinski definition) is 0. The highest BCUT2D eigenvalue weighted by Gasteiger charge is 2.40. The van der Waals surface area contributed by atoms with Gasteiger partial charge < -0.3 is 14.5 Å². The number of hydrogen-bond acceptors (Lipinski definition) is 6. The Bertz CT molecular complexity index is 1020. The molecule has 1 aromatic carbocycles. The molecule has 7 nitrogen and oxygen atoms in total. The molecule has 3 heterocycles. The van der Waals surface area contributed by atoms with Crippen molar-refractivity contribution in [1.29, 1.82) is 0 Å². The molecule has 2 fully saturated rings. The molecule has 8 heteroatoms. The molecule has 196 valence electrons. The predicted octanol–water partition coefficient (Wildman–Crippen LogP) is 4.39. The Kier molecular flexibility index (Phi) is 8.86. The molecule has 2 saturated heterocycles. The number of carbonyl (C=O) groups is 1. The lowest BCUT2D eigenvalue weighted by Gasteiger charge is -2.43. The van der Waals surface area contributed by atoms with Crippen LogP contribution in [0.15, 0.2) is 30.6 Å². The lowest BCUT2D eigenvalue weighted by molar-refractivity contribution is -0.137. The lowest BCUT2D eigenvalue weighted by Crippen LogP contribution is -2.52. The van der Waals surface area contributed by atoms with Crippen molar-refractivity contribution >= 4 is 17.5 Å². The minimum Gasteiger partial charge on any atom is -0.493 e. The van der Waals surface area contributed by atoms with Gasteiger partial charge in [-0.05, 0) is 57.1 Å². The number of likely N-dealkylation sites (tertiary alicyclic amines) is 1. The molecule has 2 aromatic rings. The molecule has 2 aliphatic rings. The van der Waals surface area contributed by atoms with E-state index in [1.165, 1.54) is 0 Å². The molecule has 0 unspecified atom stereocenters. The highest BCUT2D eigenvalue weighted by atomic mass is 35.5. The summed E-state index contributed by atoms with van der Waals surface area (Å²) < 4.78 is 6.34. The second-order valence-electron chi connectivity index (χ2n) is 11.0. The van der Waals surface area contributed by atoms with Gasteiger partial charge in [0.25, 0.3) is 0 Å². The summed E-state index contributed by atoms with van der Waals surface area (Å²) in [5.74, 6) is 2.23. The molecule has 0 N–H and O–H groups in total. The monoisotopic (exact) mass is 513 g/mol. The average Bonchev–Trinajstić information content (AvgIpc) is 2.86. The number of likely N-dealkylation sites (N-methyl/N-ethyl adjacent to an activating group) is 1. The third-order valence-corrected chi connectivity index (χ3v) is 7.87. The van der Waals surface area contributed by atoms with Gasteiger partial charge in [-0.25, -0.2) is 9.97 Å². The number of aryl methyl sites for hydroxylation is 1. The quantitative estimate of drug-likeness (QED) is 0.522. The van der Waals surface area contributed by atoms with Crippen LogP contribution in [0.1, 0.15) is 56.0 Å². The van der Waals surface area contributed by atoms with Crippen molar-refractivity contribution in [2.45, 2.75) is 52.5 Å². The van der Waals surface area contributed by atoms with Crippen LogP contribution in [0, 0.1) is 12.3 Å². The van der Waals surface area contributed by atoms with E-state index in [4.69, 9.17) is 16.3 Å². The van der Waals surface area contributed by atoms with Crippen LogP contribution in [0.2, 0.25) is 5.02 Å². The molecule has 0 radical (unpaired) electrons. The number of halogens is 1. The fourth-order valence-electron chi connectivity index (χ4n) is 5.19. The smallest absolute Gasteiger partial charge is 0.223 e. The Morgan fingerprint density at radius 3 is 2.53 bits per heavy atom. The lowest BCUT2D eigenvalue weighted by atomic mass is 9.77. The van der Waals surface area contributed by atoms with Gasteiger partial charge in [-0.2, -0.15) is 0 Å². The molecule has 36 heavy (non-hydrogen) atoms. The van der Waals surface area contributed by atoms with Gasteiger partial charge in [-0.3, -0.25) is 9.69 Å². The summed E-state index contributed by atoms with van der Waals surface area (Å²) in [4.78, 5) is 29.3. The van der Waals surface area contributed by atoms with Crippen LogP contribution in [-0.2, 0) is 11.3 Å². The van der Waals surface area contributed by atoms with Crippen molar-refractivity contribution in [2.75, 3.05) is 52.9 Å². The van der Waals surface area contributed by atoms with Gasteiger partial charge in [0.05, 0.1) is 6.61 Å². The summed E-state index contributed by atoms with van der Waals surface area (Å²) in [6, 6.07) is 5.77.